The fraction of sp³-hybridized carbons (Fsp3) is 0.176. The summed E-state index contributed by atoms with van der Waals surface area (Å²) in [6.07, 6.45) is 1.62. The van der Waals surface area contributed by atoms with Gasteiger partial charge in [0.25, 0.3) is 0 Å². The molecular weight excluding hydrogens is 360 g/mol. The van der Waals surface area contributed by atoms with Crippen LogP contribution in [0, 0.1) is 0 Å². The van der Waals surface area contributed by atoms with Crippen molar-refractivity contribution in [3.05, 3.63) is 58.1 Å². The van der Waals surface area contributed by atoms with E-state index in [4.69, 9.17) is 4.74 Å². The second-order valence-corrected chi connectivity index (χ2v) is 5.67. The Labute approximate surface area is 143 Å². The molecule has 0 bridgehead atoms. The summed E-state index contributed by atoms with van der Waals surface area (Å²) in [7, 11) is 0. The molecule has 0 aliphatic carbocycles. The third kappa shape index (κ3) is 5.41. The van der Waals surface area contributed by atoms with Gasteiger partial charge < -0.3 is 9.84 Å². The summed E-state index contributed by atoms with van der Waals surface area (Å²) < 4.78 is 6.32. The summed E-state index contributed by atoms with van der Waals surface area (Å²) in [5.74, 6) is 0.469. The average Bonchev–Trinajstić information content (AvgIpc) is 2.53. The largest absolute Gasteiger partial charge is 0.507 e. The summed E-state index contributed by atoms with van der Waals surface area (Å²) in [4.78, 5) is 11.8. The molecule has 23 heavy (non-hydrogen) atoms. The summed E-state index contributed by atoms with van der Waals surface area (Å²) in [6, 6.07) is 12.3. The van der Waals surface area contributed by atoms with Crippen molar-refractivity contribution in [2.24, 2.45) is 5.10 Å². The van der Waals surface area contributed by atoms with E-state index >= 15 is 0 Å². The van der Waals surface area contributed by atoms with Gasteiger partial charge in [-0.15, -0.1) is 0 Å². The lowest BCUT2D eigenvalue weighted by atomic mass is 10.1. The highest BCUT2D eigenvalue weighted by molar-refractivity contribution is 9.10. The van der Waals surface area contributed by atoms with Gasteiger partial charge in [-0.2, -0.15) is 5.10 Å². The molecule has 5 nitrogen and oxygen atoms in total. The maximum atomic E-state index is 11.8. The van der Waals surface area contributed by atoms with E-state index in [1.165, 1.54) is 12.3 Å². The highest BCUT2D eigenvalue weighted by Crippen LogP contribution is 2.21. The molecule has 2 aromatic rings. The third-order valence-corrected chi connectivity index (χ3v) is 3.51. The van der Waals surface area contributed by atoms with Crippen LogP contribution < -0.4 is 10.2 Å². The molecule has 0 saturated carbocycles. The van der Waals surface area contributed by atoms with Gasteiger partial charge in [0, 0.05) is 10.0 Å². The highest BCUT2D eigenvalue weighted by Gasteiger charge is 2.03. The van der Waals surface area contributed by atoms with E-state index in [-0.39, 0.29) is 18.1 Å². The quantitative estimate of drug-likeness (QED) is 0.600. The van der Waals surface area contributed by atoms with Crippen LogP contribution in [0.2, 0.25) is 0 Å². The normalized spacial score (nSPS) is 10.7. The molecule has 6 heteroatoms. The first-order valence-corrected chi connectivity index (χ1v) is 7.90. The van der Waals surface area contributed by atoms with Gasteiger partial charge in [0.15, 0.2) is 0 Å². The summed E-state index contributed by atoms with van der Waals surface area (Å²) >= 11 is 3.35. The monoisotopic (exact) mass is 376 g/mol. The van der Waals surface area contributed by atoms with Crippen LogP contribution in [-0.2, 0) is 11.2 Å². The molecule has 0 aliphatic heterocycles. The van der Waals surface area contributed by atoms with Crippen molar-refractivity contribution in [3.63, 3.8) is 0 Å². The Morgan fingerprint density at radius 3 is 2.74 bits per heavy atom. The van der Waals surface area contributed by atoms with Gasteiger partial charge in [-0.05, 0) is 42.8 Å². The van der Waals surface area contributed by atoms with Crippen molar-refractivity contribution in [2.75, 3.05) is 6.61 Å². The average molecular weight is 377 g/mol. The Morgan fingerprint density at radius 2 is 2.04 bits per heavy atom. The fourth-order valence-electron chi connectivity index (χ4n) is 1.89. The molecule has 0 aromatic heterocycles. The molecule has 0 aliphatic rings. The van der Waals surface area contributed by atoms with Crippen molar-refractivity contribution in [1.82, 2.24) is 5.43 Å². The molecule has 0 unspecified atom stereocenters. The smallest absolute Gasteiger partial charge is 0.244 e. The van der Waals surface area contributed by atoms with Crippen molar-refractivity contribution in [2.45, 2.75) is 13.3 Å². The minimum Gasteiger partial charge on any atom is -0.507 e. The first kappa shape index (κ1) is 17.0. The molecule has 0 spiro atoms. The lowest BCUT2D eigenvalue weighted by Crippen LogP contribution is -2.19. The number of rotatable bonds is 6. The van der Waals surface area contributed by atoms with Crippen LogP contribution >= 0.6 is 15.9 Å². The van der Waals surface area contributed by atoms with Gasteiger partial charge in [-0.25, -0.2) is 5.43 Å². The van der Waals surface area contributed by atoms with Crippen molar-refractivity contribution in [3.8, 4) is 11.5 Å². The van der Waals surface area contributed by atoms with Gasteiger partial charge >= 0.3 is 0 Å². The van der Waals surface area contributed by atoms with Gasteiger partial charge in [0.05, 0.1) is 19.2 Å². The predicted molar refractivity (Wildman–Crippen MR) is 92.9 cm³/mol. The Morgan fingerprint density at radius 1 is 1.30 bits per heavy atom. The minimum absolute atomic E-state index is 0.0689. The molecule has 2 N–H and O–H groups in total. The molecule has 0 atom stereocenters. The Hall–Kier alpha value is -2.34. The van der Waals surface area contributed by atoms with Gasteiger partial charge in [-0.1, -0.05) is 28.1 Å². The molecule has 120 valence electrons. The van der Waals surface area contributed by atoms with Crippen LogP contribution in [0.4, 0.5) is 0 Å². The number of aromatic hydroxyl groups is 1. The number of phenols is 1. The number of carbonyl (C=O) groups excluding carboxylic acids is 1. The van der Waals surface area contributed by atoms with E-state index < -0.39 is 0 Å². The van der Waals surface area contributed by atoms with Crippen LogP contribution in [0.1, 0.15) is 18.1 Å². The van der Waals surface area contributed by atoms with E-state index in [0.717, 1.165) is 10.0 Å². The van der Waals surface area contributed by atoms with Crippen LogP contribution in [0.3, 0.4) is 0 Å². The fourth-order valence-corrected chi connectivity index (χ4v) is 2.16. The number of hydrazone groups is 1. The number of amides is 1. The standard InChI is InChI=1S/C17H17BrN2O3/c1-2-23-15-7-8-16(21)13(10-15)11-19-20-17(22)9-12-3-5-14(18)6-4-12/h3-8,10-11,21H,2,9H2,1H3,(H,20,22)/b19-11+. The summed E-state index contributed by atoms with van der Waals surface area (Å²) in [6.45, 7) is 2.41. The number of nitrogens with one attached hydrogen (secondary N) is 1. The zero-order valence-corrected chi connectivity index (χ0v) is 14.2. The maximum Gasteiger partial charge on any atom is 0.244 e. The third-order valence-electron chi connectivity index (χ3n) is 2.98. The number of phenolic OH excluding ortho intramolecular Hbond substituents is 1. The number of hydrogen-bond acceptors (Lipinski definition) is 4. The first-order valence-electron chi connectivity index (χ1n) is 7.10. The molecule has 2 rings (SSSR count). The molecule has 1 amide bonds. The maximum absolute atomic E-state index is 11.8. The molecular formula is C17H17BrN2O3. The number of halogens is 1. The number of ether oxygens (including phenoxy) is 1. The second-order valence-electron chi connectivity index (χ2n) is 4.75. The van der Waals surface area contributed by atoms with E-state index in [0.29, 0.717) is 17.9 Å². The van der Waals surface area contributed by atoms with E-state index in [1.54, 1.807) is 12.1 Å². The van der Waals surface area contributed by atoms with Gasteiger partial charge in [-0.3, -0.25) is 4.79 Å². The first-order chi connectivity index (χ1) is 11.1. The van der Waals surface area contributed by atoms with Crippen LogP contribution in [0.15, 0.2) is 52.0 Å². The van der Waals surface area contributed by atoms with Crippen molar-refractivity contribution in [1.29, 1.82) is 0 Å². The van der Waals surface area contributed by atoms with Gasteiger partial charge in [0.1, 0.15) is 11.5 Å². The van der Waals surface area contributed by atoms with E-state index in [2.05, 4.69) is 26.5 Å². The Balaban J connectivity index is 1.94. The van der Waals surface area contributed by atoms with Crippen molar-refractivity contribution >= 4 is 28.1 Å². The number of carbonyl (C=O) groups is 1. The zero-order chi connectivity index (χ0) is 16.7. The zero-order valence-electron chi connectivity index (χ0n) is 12.6. The van der Waals surface area contributed by atoms with E-state index in [1.807, 2.05) is 31.2 Å². The topological polar surface area (TPSA) is 70.9 Å². The Kier molecular flexibility index (Phi) is 6.17. The van der Waals surface area contributed by atoms with Crippen molar-refractivity contribution < 1.29 is 14.6 Å². The highest BCUT2D eigenvalue weighted by atomic mass is 79.9. The molecule has 0 heterocycles. The number of benzene rings is 2. The lowest BCUT2D eigenvalue weighted by molar-refractivity contribution is -0.120. The molecule has 0 saturated heterocycles. The molecule has 2 aromatic carbocycles. The van der Waals surface area contributed by atoms with Crippen LogP contribution in [-0.4, -0.2) is 23.8 Å². The SMILES string of the molecule is CCOc1ccc(O)c(/C=N/NC(=O)Cc2ccc(Br)cc2)c1. The number of nitrogens with zero attached hydrogens (tertiary/aromatic N) is 1. The lowest BCUT2D eigenvalue weighted by Gasteiger charge is -2.05. The minimum atomic E-state index is -0.232. The van der Waals surface area contributed by atoms with Crippen LogP contribution in [0.25, 0.3) is 0 Å². The molecule has 0 radical (unpaired) electrons. The second kappa shape index (κ2) is 8.33. The summed E-state index contributed by atoms with van der Waals surface area (Å²) in [5, 5.41) is 13.6. The summed E-state index contributed by atoms with van der Waals surface area (Å²) in [5.41, 5.74) is 3.80. The van der Waals surface area contributed by atoms with Crippen LogP contribution in [0.5, 0.6) is 11.5 Å². The Bertz CT molecular complexity index is 699. The predicted octanol–water partition coefficient (Wildman–Crippen LogP) is 3.25. The number of hydrogen-bond donors (Lipinski definition) is 2. The van der Waals surface area contributed by atoms with Gasteiger partial charge in [0.2, 0.25) is 5.91 Å². The van der Waals surface area contributed by atoms with E-state index in [9.17, 15) is 9.90 Å². The molecule has 0 fully saturated rings.